The lowest BCUT2D eigenvalue weighted by atomic mass is 10.2. The summed E-state index contributed by atoms with van der Waals surface area (Å²) in [6.07, 6.45) is 1.21. The van der Waals surface area contributed by atoms with E-state index in [4.69, 9.17) is 9.73 Å². The zero-order chi connectivity index (χ0) is 19.1. The highest BCUT2D eigenvalue weighted by Gasteiger charge is 2.30. The Morgan fingerprint density at radius 3 is 2.43 bits per heavy atom. The Morgan fingerprint density at radius 1 is 1.07 bits per heavy atom. The molecule has 8 nitrogen and oxygen atoms in total. The van der Waals surface area contributed by atoms with Crippen molar-refractivity contribution in [3.05, 3.63) is 0 Å². The van der Waals surface area contributed by atoms with E-state index in [-0.39, 0.29) is 29.9 Å². The molecule has 0 spiro atoms. The fourth-order valence-corrected chi connectivity index (χ4v) is 4.18. The topological polar surface area (TPSA) is 63.7 Å². The first kappa shape index (κ1) is 23.6. The largest absolute Gasteiger partial charge is 0.379 e. The molecule has 0 aromatic heterocycles. The molecule has 0 aromatic carbocycles. The van der Waals surface area contributed by atoms with Crippen LogP contribution in [-0.4, -0.2) is 123 Å². The van der Waals surface area contributed by atoms with E-state index in [0.717, 1.165) is 91.2 Å². The number of carbonyl (C=O) groups is 1. The number of guanidine groups is 1. The van der Waals surface area contributed by atoms with Crippen LogP contribution >= 0.6 is 24.0 Å². The molecule has 0 bridgehead atoms. The summed E-state index contributed by atoms with van der Waals surface area (Å²) < 4.78 is 5.48. The molecule has 1 atom stereocenters. The van der Waals surface area contributed by atoms with Gasteiger partial charge in [0.25, 0.3) is 0 Å². The number of likely N-dealkylation sites (tertiary alicyclic amines) is 1. The van der Waals surface area contributed by atoms with Crippen LogP contribution in [0.15, 0.2) is 4.99 Å². The minimum absolute atomic E-state index is 0. The van der Waals surface area contributed by atoms with Crippen LogP contribution in [0.2, 0.25) is 0 Å². The Bertz CT molecular complexity index is 507. The number of morpholine rings is 1. The second-order valence-electron chi connectivity index (χ2n) is 7.62. The highest BCUT2D eigenvalue weighted by molar-refractivity contribution is 14.0. The predicted octanol–water partition coefficient (Wildman–Crippen LogP) is 0.141. The molecule has 1 amide bonds. The van der Waals surface area contributed by atoms with E-state index in [2.05, 4.69) is 26.9 Å². The number of hydrogen-bond acceptors (Lipinski definition) is 5. The van der Waals surface area contributed by atoms with Gasteiger partial charge in [0.2, 0.25) is 5.91 Å². The fraction of sp³-hybridized carbons (Fsp3) is 0.895. The summed E-state index contributed by atoms with van der Waals surface area (Å²) in [5.74, 6) is 1.24. The van der Waals surface area contributed by atoms with E-state index in [1.165, 1.54) is 6.42 Å². The van der Waals surface area contributed by atoms with Gasteiger partial charge in [-0.15, -0.1) is 24.0 Å². The summed E-state index contributed by atoms with van der Waals surface area (Å²) in [5.41, 5.74) is 0. The van der Waals surface area contributed by atoms with Gasteiger partial charge in [0.15, 0.2) is 5.96 Å². The van der Waals surface area contributed by atoms with Crippen LogP contribution in [0, 0.1) is 0 Å². The van der Waals surface area contributed by atoms with Crippen molar-refractivity contribution in [1.82, 2.24) is 24.9 Å². The summed E-state index contributed by atoms with van der Waals surface area (Å²) in [4.78, 5) is 25.6. The minimum Gasteiger partial charge on any atom is -0.379 e. The molecular formula is C19H37IN6O2. The van der Waals surface area contributed by atoms with Gasteiger partial charge in [-0.2, -0.15) is 0 Å². The molecule has 3 saturated heterocycles. The minimum atomic E-state index is 0. The number of ether oxygens (including phenoxy) is 1. The van der Waals surface area contributed by atoms with Gasteiger partial charge >= 0.3 is 0 Å². The van der Waals surface area contributed by atoms with Crippen molar-refractivity contribution in [3.63, 3.8) is 0 Å². The molecule has 0 aliphatic carbocycles. The molecule has 3 aliphatic heterocycles. The van der Waals surface area contributed by atoms with Gasteiger partial charge in [0.05, 0.1) is 19.8 Å². The zero-order valence-electron chi connectivity index (χ0n) is 17.4. The Hall–Kier alpha value is -0.650. The van der Waals surface area contributed by atoms with Gasteiger partial charge in [0, 0.05) is 78.4 Å². The summed E-state index contributed by atoms with van der Waals surface area (Å²) in [7, 11) is 0. The molecule has 3 heterocycles. The van der Waals surface area contributed by atoms with Crippen molar-refractivity contribution in [2.75, 3.05) is 85.2 Å². The van der Waals surface area contributed by atoms with Crippen LogP contribution in [0.25, 0.3) is 0 Å². The molecule has 0 radical (unpaired) electrons. The Morgan fingerprint density at radius 2 is 1.79 bits per heavy atom. The maximum Gasteiger partial charge on any atom is 0.219 e. The van der Waals surface area contributed by atoms with Crippen molar-refractivity contribution in [3.8, 4) is 0 Å². The quantitative estimate of drug-likeness (QED) is 0.324. The summed E-state index contributed by atoms with van der Waals surface area (Å²) in [6.45, 7) is 16.0. The molecule has 1 N–H and O–H groups in total. The van der Waals surface area contributed by atoms with Crippen molar-refractivity contribution in [2.24, 2.45) is 4.99 Å². The van der Waals surface area contributed by atoms with Crippen LogP contribution in [0.4, 0.5) is 0 Å². The smallest absolute Gasteiger partial charge is 0.219 e. The van der Waals surface area contributed by atoms with E-state index < -0.39 is 0 Å². The second-order valence-corrected chi connectivity index (χ2v) is 7.62. The van der Waals surface area contributed by atoms with Gasteiger partial charge in [-0.05, 0) is 13.3 Å². The SMILES string of the molecule is CCNC(=NCCN1CCN(C(C)=O)CC1)N1CCC(N2CCOCC2)C1.I. The van der Waals surface area contributed by atoms with Gasteiger partial charge in [-0.25, -0.2) is 0 Å². The molecular weight excluding hydrogens is 471 g/mol. The zero-order valence-corrected chi connectivity index (χ0v) is 19.8. The number of aliphatic imine (C=N–C) groups is 1. The molecule has 162 valence electrons. The average molecular weight is 508 g/mol. The fourth-order valence-electron chi connectivity index (χ4n) is 4.18. The van der Waals surface area contributed by atoms with E-state index >= 15 is 0 Å². The number of amides is 1. The van der Waals surface area contributed by atoms with Gasteiger partial charge in [0.1, 0.15) is 0 Å². The van der Waals surface area contributed by atoms with Crippen molar-refractivity contribution >= 4 is 35.8 Å². The van der Waals surface area contributed by atoms with Crippen LogP contribution in [-0.2, 0) is 9.53 Å². The predicted molar refractivity (Wildman–Crippen MR) is 122 cm³/mol. The summed E-state index contributed by atoms with van der Waals surface area (Å²) in [5, 5.41) is 3.47. The molecule has 9 heteroatoms. The highest BCUT2D eigenvalue weighted by atomic mass is 127. The van der Waals surface area contributed by atoms with Gasteiger partial charge in [-0.3, -0.25) is 19.6 Å². The standard InChI is InChI=1S/C19H36N6O2.HI/c1-3-20-19(21-5-7-22-8-10-23(11-9-22)17(2)26)25-6-4-18(16-25)24-12-14-27-15-13-24;/h18H,3-16H2,1-2H3,(H,20,21);1H. The normalized spacial score (nSPS) is 24.9. The Kier molecular flexibility index (Phi) is 10.2. The number of piperazine rings is 1. The molecule has 3 aliphatic rings. The summed E-state index contributed by atoms with van der Waals surface area (Å²) in [6, 6.07) is 0.623. The first-order valence-electron chi connectivity index (χ1n) is 10.5. The molecule has 1 unspecified atom stereocenters. The van der Waals surface area contributed by atoms with Crippen LogP contribution < -0.4 is 5.32 Å². The second kappa shape index (κ2) is 12.1. The van der Waals surface area contributed by atoms with Crippen molar-refractivity contribution < 1.29 is 9.53 Å². The summed E-state index contributed by atoms with van der Waals surface area (Å²) >= 11 is 0. The lowest BCUT2D eigenvalue weighted by Crippen LogP contribution is -2.49. The van der Waals surface area contributed by atoms with E-state index in [0.29, 0.717) is 6.04 Å². The molecule has 28 heavy (non-hydrogen) atoms. The van der Waals surface area contributed by atoms with Crippen molar-refractivity contribution in [2.45, 2.75) is 26.3 Å². The highest BCUT2D eigenvalue weighted by Crippen LogP contribution is 2.17. The van der Waals surface area contributed by atoms with E-state index in [9.17, 15) is 4.79 Å². The first-order valence-corrected chi connectivity index (χ1v) is 10.5. The first-order chi connectivity index (χ1) is 13.2. The number of nitrogens with zero attached hydrogens (tertiary/aromatic N) is 5. The van der Waals surface area contributed by atoms with E-state index in [1.807, 2.05) is 4.90 Å². The van der Waals surface area contributed by atoms with Gasteiger partial charge in [-0.1, -0.05) is 0 Å². The molecule has 3 rings (SSSR count). The Labute approximate surface area is 186 Å². The monoisotopic (exact) mass is 508 g/mol. The maximum absolute atomic E-state index is 11.4. The number of carbonyl (C=O) groups excluding carboxylic acids is 1. The lowest BCUT2D eigenvalue weighted by molar-refractivity contribution is -0.130. The lowest BCUT2D eigenvalue weighted by Gasteiger charge is -2.34. The number of halogens is 1. The molecule has 3 fully saturated rings. The third kappa shape index (κ3) is 6.70. The third-order valence-corrected chi connectivity index (χ3v) is 5.86. The Balaban J connectivity index is 0.00000280. The number of nitrogens with one attached hydrogen (secondary N) is 1. The van der Waals surface area contributed by atoms with E-state index in [1.54, 1.807) is 6.92 Å². The van der Waals surface area contributed by atoms with Crippen LogP contribution in [0.1, 0.15) is 20.3 Å². The molecule has 0 aromatic rings. The van der Waals surface area contributed by atoms with Crippen LogP contribution in [0.3, 0.4) is 0 Å². The number of hydrogen-bond donors (Lipinski definition) is 1. The third-order valence-electron chi connectivity index (χ3n) is 5.86. The van der Waals surface area contributed by atoms with Gasteiger partial charge < -0.3 is 19.9 Å². The molecule has 0 saturated carbocycles. The number of rotatable bonds is 5. The maximum atomic E-state index is 11.4. The van der Waals surface area contributed by atoms with Crippen molar-refractivity contribution in [1.29, 1.82) is 0 Å². The average Bonchev–Trinajstić information content (AvgIpc) is 3.18. The van der Waals surface area contributed by atoms with Crippen LogP contribution in [0.5, 0.6) is 0 Å².